The van der Waals surface area contributed by atoms with Crippen LogP contribution in [0.2, 0.25) is 0 Å². The zero-order valence-corrected chi connectivity index (χ0v) is 20.0. The number of hydrogen-bond acceptors (Lipinski definition) is 6. The van der Waals surface area contributed by atoms with Gasteiger partial charge in [0.15, 0.2) is 0 Å². The Bertz CT molecular complexity index is 1390. The molecule has 1 atom stereocenters. The molecule has 4 heterocycles. The number of hydrogen-bond donors (Lipinski definition) is 1. The van der Waals surface area contributed by atoms with Crippen molar-refractivity contribution in [2.24, 2.45) is 7.05 Å². The second kappa shape index (κ2) is 8.70. The number of anilines is 1. The summed E-state index contributed by atoms with van der Waals surface area (Å²) in [4.78, 5) is 43.0. The van der Waals surface area contributed by atoms with Crippen molar-refractivity contribution >= 4 is 34.3 Å². The number of benzene rings is 2. The molecule has 9 nitrogen and oxygen atoms in total. The predicted octanol–water partition coefficient (Wildman–Crippen LogP) is 1.80. The van der Waals surface area contributed by atoms with Crippen LogP contribution in [0.5, 0.6) is 0 Å². The molecular weight excluding hydrogens is 463 g/mol. The highest BCUT2D eigenvalue weighted by molar-refractivity contribution is 6.06. The lowest BCUT2D eigenvalue weighted by Crippen LogP contribution is -2.52. The first-order valence-corrected chi connectivity index (χ1v) is 12.2. The molecule has 1 N–H and O–H groups in total. The van der Waals surface area contributed by atoms with Crippen LogP contribution in [0, 0.1) is 5.82 Å². The smallest absolute Gasteiger partial charge is 0.255 e. The summed E-state index contributed by atoms with van der Waals surface area (Å²) in [7, 11) is 1.97. The molecule has 0 bridgehead atoms. The Hall–Kier alpha value is -3.79. The number of nitrogens with one attached hydrogen (secondary N) is 1. The fraction of sp³-hybridized carbons (Fsp3) is 0.385. The number of imide groups is 1. The van der Waals surface area contributed by atoms with Crippen molar-refractivity contribution in [3.05, 3.63) is 59.0 Å². The summed E-state index contributed by atoms with van der Waals surface area (Å²) >= 11 is 0. The number of rotatable bonds is 4. The predicted molar refractivity (Wildman–Crippen MR) is 131 cm³/mol. The molecule has 36 heavy (non-hydrogen) atoms. The molecule has 1 unspecified atom stereocenters. The highest BCUT2D eigenvalue weighted by Crippen LogP contribution is 2.35. The van der Waals surface area contributed by atoms with E-state index >= 15 is 0 Å². The van der Waals surface area contributed by atoms with Crippen molar-refractivity contribution in [2.75, 3.05) is 31.1 Å². The van der Waals surface area contributed by atoms with Gasteiger partial charge in [-0.25, -0.2) is 4.39 Å². The molecule has 3 aromatic rings. The number of carbonyl (C=O) groups excluding carboxylic acids is 3. The Morgan fingerprint density at radius 2 is 1.86 bits per heavy atom. The van der Waals surface area contributed by atoms with Gasteiger partial charge in [-0.2, -0.15) is 5.10 Å². The van der Waals surface area contributed by atoms with Crippen molar-refractivity contribution in [3.63, 3.8) is 0 Å². The summed E-state index contributed by atoms with van der Waals surface area (Å²) in [6.07, 6.45) is 0.467. The molecule has 10 heteroatoms. The molecule has 3 aliphatic rings. The number of piperazine rings is 1. The fourth-order valence-corrected chi connectivity index (χ4v) is 5.64. The normalized spacial score (nSPS) is 20.8. The Morgan fingerprint density at radius 3 is 2.64 bits per heavy atom. The average Bonchev–Trinajstić information content (AvgIpc) is 3.35. The molecule has 0 radical (unpaired) electrons. The van der Waals surface area contributed by atoms with Gasteiger partial charge in [0, 0.05) is 74.9 Å². The van der Waals surface area contributed by atoms with E-state index in [0.29, 0.717) is 24.3 Å². The van der Waals surface area contributed by atoms with E-state index in [1.165, 1.54) is 17.0 Å². The van der Waals surface area contributed by atoms with Gasteiger partial charge < -0.3 is 9.80 Å². The highest BCUT2D eigenvalue weighted by atomic mass is 19.1. The summed E-state index contributed by atoms with van der Waals surface area (Å²) < 4.78 is 16.6. The van der Waals surface area contributed by atoms with Crippen LogP contribution in [0.4, 0.5) is 10.1 Å². The summed E-state index contributed by atoms with van der Waals surface area (Å²) in [6.45, 7) is 3.97. The van der Waals surface area contributed by atoms with E-state index in [1.54, 1.807) is 0 Å². The minimum absolute atomic E-state index is 0.186. The van der Waals surface area contributed by atoms with Crippen LogP contribution in [-0.4, -0.2) is 69.5 Å². The molecule has 3 amide bonds. The van der Waals surface area contributed by atoms with E-state index in [-0.39, 0.29) is 31.2 Å². The van der Waals surface area contributed by atoms with Crippen LogP contribution < -0.4 is 10.2 Å². The van der Waals surface area contributed by atoms with E-state index in [2.05, 4.69) is 26.3 Å². The molecule has 0 spiro atoms. The number of carbonyl (C=O) groups is 3. The first-order valence-electron chi connectivity index (χ1n) is 12.2. The third-order valence-electron chi connectivity index (χ3n) is 7.55. The van der Waals surface area contributed by atoms with Gasteiger partial charge in [0.2, 0.25) is 11.8 Å². The highest BCUT2D eigenvalue weighted by Gasteiger charge is 2.41. The molecule has 2 fully saturated rings. The number of piperidine rings is 1. The zero-order chi connectivity index (χ0) is 25.0. The van der Waals surface area contributed by atoms with E-state index in [1.807, 2.05) is 29.9 Å². The van der Waals surface area contributed by atoms with Crippen LogP contribution in [0.25, 0.3) is 10.9 Å². The summed E-state index contributed by atoms with van der Waals surface area (Å²) in [5, 5.41) is 8.07. The van der Waals surface area contributed by atoms with Gasteiger partial charge in [0.05, 0.1) is 11.2 Å². The van der Waals surface area contributed by atoms with Crippen LogP contribution in [-0.2, 0) is 29.7 Å². The van der Waals surface area contributed by atoms with Crippen LogP contribution >= 0.6 is 0 Å². The topological polar surface area (TPSA) is 90.8 Å². The maximum absolute atomic E-state index is 14.6. The number of halogens is 1. The van der Waals surface area contributed by atoms with Gasteiger partial charge in [0.1, 0.15) is 11.9 Å². The van der Waals surface area contributed by atoms with Gasteiger partial charge >= 0.3 is 0 Å². The summed E-state index contributed by atoms with van der Waals surface area (Å²) in [5.41, 5.74) is 3.90. The second-order valence-corrected chi connectivity index (χ2v) is 9.70. The number of amides is 3. The van der Waals surface area contributed by atoms with Crippen LogP contribution in [0.15, 0.2) is 36.4 Å². The first kappa shape index (κ1) is 22.7. The standard InChI is InChI=1S/C26H27FN6O3/c1-30-23(17-4-2-3-5-20(17)29-30)15-31-8-10-32(11-9-31)22-13-16(27)12-18-19(22)14-33(26(18)36)21-6-7-24(34)28-25(21)35/h2-5,12-13,21H,6-11,14-15H2,1H3,(H,28,34,35). The minimum atomic E-state index is -0.718. The van der Waals surface area contributed by atoms with Gasteiger partial charge in [-0.3, -0.25) is 29.3 Å². The maximum Gasteiger partial charge on any atom is 0.255 e. The molecule has 0 aliphatic carbocycles. The lowest BCUT2D eigenvalue weighted by atomic mass is 10.0. The lowest BCUT2D eigenvalue weighted by Gasteiger charge is -2.37. The maximum atomic E-state index is 14.6. The van der Waals surface area contributed by atoms with Gasteiger partial charge in [-0.15, -0.1) is 0 Å². The first-order chi connectivity index (χ1) is 17.4. The van der Waals surface area contributed by atoms with Crippen molar-refractivity contribution in [3.8, 4) is 0 Å². The van der Waals surface area contributed by atoms with E-state index in [4.69, 9.17) is 0 Å². The third-order valence-corrected chi connectivity index (χ3v) is 7.55. The van der Waals surface area contributed by atoms with E-state index < -0.39 is 17.8 Å². The van der Waals surface area contributed by atoms with Crippen molar-refractivity contribution < 1.29 is 18.8 Å². The number of fused-ring (bicyclic) bond motifs is 2. The molecule has 186 valence electrons. The van der Waals surface area contributed by atoms with Crippen LogP contribution in [0.1, 0.15) is 34.5 Å². The third kappa shape index (κ3) is 3.81. The Balaban J connectivity index is 1.19. The largest absolute Gasteiger partial charge is 0.369 e. The van der Waals surface area contributed by atoms with E-state index in [0.717, 1.165) is 41.8 Å². The number of nitrogens with zero attached hydrogens (tertiary/aromatic N) is 5. The van der Waals surface area contributed by atoms with Gasteiger partial charge in [-0.1, -0.05) is 18.2 Å². The van der Waals surface area contributed by atoms with Crippen molar-refractivity contribution in [2.45, 2.75) is 32.0 Å². The molecular formula is C26H27FN6O3. The SMILES string of the molecule is Cn1nc2ccccc2c1CN1CCN(c2cc(F)cc3c2CN(C2CCC(=O)NC2=O)C3=O)CC1. The van der Waals surface area contributed by atoms with Gasteiger partial charge in [-0.05, 0) is 24.6 Å². The van der Waals surface area contributed by atoms with Crippen molar-refractivity contribution in [1.82, 2.24) is 24.9 Å². The summed E-state index contributed by atoms with van der Waals surface area (Å²) in [5.74, 6) is -1.62. The Kier molecular flexibility index (Phi) is 5.48. The Labute approximate surface area is 207 Å². The zero-order valence-electron chi connectivity index (χ0n) is 20.0. The average molecular weight is 491 g/mol. The molecule has 6 rings (SSSR count). The molecule has 1 aromatic heterocycles. The lowest BCUT2D eigenvalue weighted by molar-refractivity contribution is -0.136. The molecule has 2 saturated heterocycles. The minimum Gasteiger partial charge on any atom is -0.369 e. The van der Waals surface area contributed by atoms with Crippen molar-refractivity contribution in [1.29, 1.82) is 0 Å². The molecule has 0 saturated carbocycles. The number of aromatic nitrogens is 2. The van der Waals surface area contributed by atoms with Gasteiger partial charge in [0.25, 0.3) is 5.91 Å². The molecule has 2 aromatic carbocycles. The number of aryl methyl sites for hydroxylation is 1. The molecule has 3 aliphatic heterocycles. The van der Waals surface area contributed by atoms with Crippen LogP contribution in [0.3, 0.4) is 0 Å². The van der Waals surface area contributed by atoms with E-state index in [9.17, 15) is 18.8 Å². The second-order valence-electron chi connectivity index (χ2n) is 9.70. The fourth-order valence-electron chi connectivity index (χ4n) is 5.64. The summed E-state index contributed by atoms with van der Waals surface area (Å²) in [6, 6.07) is 10.2. The Morgan fingerprint density at radius 1 is 1.08 bits per heavy atom. The monoisotopic (exact) mass is 490 g/mol. The quantitative estimate of drug-likeness (QED) is 0.561.